The number of benzene rings is 1. The van der Waals surface area contributed by atoms with E-state index >= 15 is 0 Å². The molecule has 2 saturated heterocycles. The van der Waals surface area contributed by atoms with Gasteiger partial charge >= 0.3 is 0 Å². The third kappa shape index (κ3) is 4.88. The average molecular weight is 463 g/mol. The molecular weight excluding hydrogens is 427 g/mol. The minimum atomic E-state index is -0.431. The third-order valence-electron chi connectivity index (χ3n) is 7.98. The molecule has 1 aromatic carbocycles. The first-order chi connectivity index (χ1) is 16.5. The van der Waals surface area contributed by atoms with Crippen LogP contribution < -0.4 is 0 Å². The highest BCUT2D eigenvalue weighted by atomic mass is 19.1. The fourth-order valence-corrected chi connectivity index (χ4v) is 5.92. The highest BCUT2D eigenvalue weighted by Gasteiger charge is 2.43. The molecule has 0 unspecified atom stereocenters. The van der Waals surface area contributed by atoms with Crippen LogP contribution in [0.1, 0.15) is 43.4 Å². The number of carbonyl (C=O) groups is 1. The lowest BCUT2D eigenvalue weighted by Gasteiger charge is -2.42. The van der Waals surface area contributed by atoms with E-state index in [4.69, 9.17) is 0 Å². The number of rotatable bonds is 5. The van der Waals surface area contributed by atoms with Gasteiger partial charge in [0, 0.05) is 31.7 Å². The summed E-state index contributed by atoms with van der Waals surface area (Å²) in [5, 5.41) is 0. The molecule has 2 aliphatic heterocycles. The molecule has 2 aliphatic rings. The first-order valence-electron chi connectivity index (χ1n) is 12.7. The fraction of sp³-hybridized carbons (Fsp3) is 0.500. The van der Waals surface area contributed by atoms with Crippen molar-refractivity contribution in [3.63, 3.8) is 0 Å². The summed E-state index contributed by atoms with van der Waals surface area (Å²) in [6, 6.07) is 11.0. The van der Waals surface area contributed by atoms with Crippen LogP contribution in [-0.2, 0) is 17.6 Å². The Morgan fingerprint density at radius 1 is 1.09 bits per heavy atom. The smallest absolute Gasteiger partial charge is 0.229 e. The van der Waals surface area contributed by atoms with E-state index in [2.05, 4.69) is 44.6 Å². The minimum Gasteiger partial charge on any atom is -0.342 e. The van der Waals surface area contributed by atoms with Crippen molar-refractivity contribution in [3.05, 3.63) is 72.1 Å². The molecule has 1 amide bonds. The van der Waals surface area contributed by atoms with Crippen molar-refractivity contribution in [1.82, 2.24) is 19.2 Å². The molecule has 5 rings (SSSR count). The van der Waals surface area contributed by atoms with Crippen molar-refractivity contribution in [1.29, 1.82) is 0 Å². The van der Waals surface area contributed by atoms with E-state index in [1.807, 2.05) is 18.5 Å². The van der Waals surface area contributed by atoms with E-state index in [1.165, 1.54) is 11.6 Å². The van der Waals surface area contributed by atoms with Gasteiger partial charge in [0.1, 0.15) is 5.82 Å². The predicted octanol–water partition coefficient (Wildman–Crippen LogP) is 4.60. The second-order valence-electron chi connectivity index (χ2n) is 10.4. The van der Waals surface area contributed by atoms with Crippen LogP contribution in [0.25, 0.3) is 5.52 Å². The molecule has 34 heavy (non-hydrogen) atoms. The Hall–Kier alpha value is -2.73. The number of halogens is 1. The number of piperidine rings is 1. The molecular formula is C28H35FN4O. The SMILES string of the molecule is CN1CCC(Cc2cccc(F)c2)(C(=O)N2CCC[C@@H](Cc3nccn4cccc34)CC2)CC1. The van der Waals surface area contributed by atoms with Gasteiger partial charge in [-0.2, -0.15) is 0 Å². The number of nitrogens with zero attached hydrogens (tertiary/aromatic N) is 4. The topological polar surface area (TPSA) is 40.9 Å². The first kappa shape index (κ1) is 23.0. The molecule has 0 N–H and O–H groups in total. The molecule has 5 nitrogen and oxygen atoms in total. The summed E-state index contributed by atoms with van der Waals surface area (Å²) in [4.78, 5) is 23.1. The lowest BCUT2D eigenvalue weighted by atomic mass is 9.72. The minimum absolute atomic E-state index is 0.225. The summed E-state index contributed by atoms with van der Waals surface area (Å²) in [5.41, 5.74) is 2.83. The molecule has 0 saturated carbocycles. The summed E-state index contributed by atoms with van der Waals surface area (Å²) in [5.74, 6) is 0.581. The number of hydrogen-bond donors (Lipinski definition) is 0. The fourth-order valence-electron chi connectivity index (χ4n) is 5.92. The summed E-state index contributed by atoms with van der Waals surface area (Å²) in [7, 11) is 2.12. The molecule has 180 valence electrons. The Kier molecular flexibility index (Phi) is 6.68. The Morgan fingerprint density at radius 3 is 2.76 bits per heavy atom. The van der Waals surface area contributed by atoms with Crippen LogP contribution in [-0.4, -0.2) is 58.3 Å². The highest BCUT2D eigenvalue weighted by Crippen LogP contribution is 2.38. The van der Waals surface area contributed by atoms with Gasteiger partial charge in [-0.05, 0) is 101 Å². The van der Waals surface area contributed by atoms with E-state index in [-0.39, 0.29) is 11.7 Å². The van der Waals surface area contributed by atoms with Crippen molar-refractivity contribution >= 4 is 11.4 Å². The molecule has 4 heterocycles. The van der Waals surface area contributed by atoms with E-state index in [0.29, 0.717) is 12.3 Å². The maximum Gasteiger partial charge on any atom is 0.229 e. The number of fused-ring (bicyclic) bond motifs is 1. The van der Waals surface area contributed by atoms with Crippen molar-refractivity contribution in [3.8, 4) is 0 Å². The monoisotopic (exact) mass is 462 g/mol. The maximum absolute atomic E-state index is 14.0. The lowest BCUT2D eigenvalue weighted by Crippen LogP contribution is -2.51. The molecule has 0 bridgehead atoms. The lowest BCUT2D eigenvalue weighted by molar-refractivity contribution is -0.145. The van der Waals surface area contributed by atoms with Gasteiger partial charge in [0.15, 0.2) is 0 Å². The second-order valence-corrected chi connectivity index (χ2v) is 10.4. The van der Waals surface area contributed by atoms with Gasteiger partial charge in [0.2, 0.25) is 5.91 Å². The molecule has 2 aromatic heterocycles. The van der Waals surface area contributed by atoms with E-state index < -0.39 is 5.41 Å². The highest BCUT2D eigenvalue weighted by molar-refractivity contribution is 5.83. The van der Waals surface area contributed by atoms with E-state index in [9.17, 15) is 9.18 Å². The summed E-state index contributed by atoms with van der Waals surface area (Å²) >= 11 is 0. The molecule has 0 aliphatic carbocycles. The van der Waals surface area contributed by atoms with Gasteiger partial charge in [-0.15, -0.1) is 0 Å². The Balaban J connectivity index is 1.29. The Morgan fingerprint density at radius 2 is 1.94 bits per heavy atom. The van der Waals surface area contributed by atoms with Crippen molar-refractivity contribution < 1.29 is 9.18 Å². The molecule has 1 atom stereocenters. The van der Waals surface area contributed by atoms with Gasteiger partial charge in [-0.1, -0.05) is 12.1 Å². The number of carbonyl (C=O) groups excluding carboxylic acids is 1. The summed E-state index contributed by atoms with van der Waals surface area (Å²) in [6.07, 6.45) is 12.3. The van der Waals surface area contributed by atoms with Crippen LogP contribution >= 0.6 is 0 Å². The second kappa shape index (κ2) is 9.87. The van der Waals surface area contributed by atoms with Gasteiger partial charge in [0.25, 0.3) is 0 Å². The summed E-state index contributed by atoms with van der Waals surface area (Å²) in [6.45, 7) is 3.43. The zero-order valence-electron chi connectivity index (χ0n) is 20.1. The molecule has 0 radical (unpaired) electrons. The van der Waals surface area contributed by atoms with Crippen LogP contribution in [0.2, 0.25) is 0 Å². The largest absolute Gasteiger partial charge is 0.342 e. The number of hydrogen-bond acceptors (Lipinski definition) is 3. The van der Waals surface area contributed by atoms with Crippen LogP contribution in [0, 0.1) is 17.2 Å². The number of likely N-dealkylation sites (tertiary alicyclic amines) is 2. The van der Waals surface area contributed by atoms with Crippen molar-refractivity contribution in [2.45, 2.75) is 44.9 Å². The van der Waals surface area contributed by atoms with Gasteiger partial charge in [0.05, 0.1) is 16.6 Å². The van der Waals surface area contributed by atoms with Crippen LogP contribution in [0.15, 0.2) is 55.0 Å². The van der Waals surface area contributed by atoms with E-state index in [1.54, 1.807) is 12.1 Å². The van der Waals surface area contributed by atoms with Gasteiger partial charge < -0.3 is 14.2 Å². The zero-order valence-corrected chi connectivity index (χ0v) is 20.1. The van der Waals surface area contributed by atoms with Gasteiger partial charge in [-0.25, -0.2) is 4.39 Å². The molecule has 6 heteroatoms. The number of aromatic nitrogens is 2. The molecule has 2 fully saturated rings. The Labute approximate surface area is 201 Å². The first-order valence-corrected chi connectivity index (χ1v) is 12.7. The number of amides is 1. The van der Waals surface area contributed by atoms with Gasteiger partial charge in [-0.3, -0.25) is 9.78 Å². The third-order valence-corrected chi connectivity index (χ3v) is 7.98. The standard InChI is InChI=1S/C28H35FN4O/c1-31-16-10-28(11-17-31,21-23-5-2-7-24(29)19-23)27(34)33-14-3-6-22(9-15-33)20-25-26-8-4-13-32(26)18-12-30-25/h2,4-5,7-8,12-13,18-19,22H,3,6,9-11,14-17,20-21H2,1H3/t22-/m1/s1. The predicted molar refractivity (Wildman–Crippen MR) is 132 cm³/mol. The van der Waals surface area contributed by atoms with Crippen LogP contribution in [0.5, 0.6) is 0 Å². The van der Waals surface area contributed by atoms with E-state index in [0.717, 1.165) is 76.0 Å². The summed E-state index contributed by atoms with van der Waals surface area (Å²) < 4.78 is 16.0. The molecule has 0 spiro atoms. The maximum atomic E-state index is 14.0. The normalized spacial score (nSPS) is 21.5. The quantitative estimate of drug-likeness (QED) is 0.557. The zero-order chi connectivity index (χ0) is 23.5. The van der Waals surface area contributed by atoms with Crippen molar-refractivity contribution in [2.24, 2.45) is 11.3 Å². The Bertz CT molecular complexity index is 1130. The van der Waals surface area contributed by atoms with Crippen molar-refractivity contribution in [2.75, 3.05) is 33.2 Å². The van der Waals surface area contributed by atoms with Crippen LogP contribution in [0.3, 0.4) is 0 Å². The average Bonchev–Trinajstić information content (AvgIpc) is 3.21. The van der Waals surface area contributed by atoms with Crippen LogP contribution in [0.4, 0.5) is 4.39 Å². The molecule has 3 aromatic rings.